The molecule has 0 radical (unpaired) electrons. The lowest BCUT2D eigenvalue weighted by Gasteiger charge is -2.11. The number of halogens is 1. The van der Waals surface area contributed by atoms with Gasteiger partial charge in [0.1, 0.15) is 11.4 Å². The Labute approximate surface area is 169 Å². The van der Waals surface area contributed by atoms with Crippen LogP contribution in [0.2, 0.25) is 0 Å². The fraction of sp³-hybridized carbons (Fsp3) is 0.0455. The van der Waals surface area contributed by atoms with Gasteiger partial charge >= 0.3 is 5.63 Å². The molecule has 0 aliphatic carbocycles. The average Bonchev–Trinajstić information content (AvgIpc) is 2.74. The van der Waals surface area contributed by atoms with E-state index in [1.807, 2.05) is 0 Å². The maximum atomic E-state index is 13.7. The Morgan fingerprint density at radius 1 is 0.967 bits per heavy atom. The normalized spacial score (nSPS) is 10.7. The highest BCUT2D eigenvalue weighted by Gasteiger charge is 2.12. The van der Waals surface area contributed by atoms with Gasteiger partial charge < -0.3 is 15.1 Å². The Morgan fingerprint density at radius 2 is 1.70 bits per heavy atom. The number of benzene rings is 3. The van der Waals surface area contributed by atoms with Crippen molar-refractivity contribution in [2.24, 2.45) is 0 Å². The van der Waals surface area contributed by atoms with Crippen LogP contribution in [0.4, 0.5) is 27.1 Å². The molecule has 30 heavy (non-hydrogen) atoms. The van der Waals surface area contributed by atoms with Gasteiger partial charge in [0, 0.05) is 47.1 Å². The van der Waals surface area contributed by atoms with Crippen molar-refractivity contribution in [3.8, 4) is 0 Å². The van der Waals surface area contributed by atoms with Crippen molar-refractivity contribution in [2.45, 2.75) is 6.54 Å². The zero-order chi connectivity index (χ0) is 21.1. The quantitative estimate of drug-likeness (QED) is 0.260. The summed E-state index contributed by atoms with van der Waals surface area (Å²) in [5.41, 5.74) is 2.00. The minimum atomic E-state index is -0.568. The molecule has 4 aromatic rings. The maximum absolute atomic E-state index is 13.7. The third-order valence-electron chi connectivity index (χ3n) is 4.54. The largest absolute Gasteiger partial charge is 0.423 e. The Balaban J connectivity index is 1.55. The average molecular weight is 405 g/mol. The molecule has 2 N–H and O–H groups in total. The highest BCUT2D eigenvalue weighted by Crippen LogP contribution is 2.29. The summed E-state index contributed by atoms with van der Waals surface area (Å²) in [7, 11) is 0. The molecular weight excluding hydrogens is 389 g/mol. The molecule has 0 aliphatic rings. The second-order valence-corrected chi connectivity index (χ2v) is 6.56. The topological polar surface area (TPSA) is 97.4 Å². The fourth-order valence-corrected chi connectivity index (χ4v) is 3.03. The summed E-state index contributed by atoms with van der Waals surface area (Å²) in [6.45, 7) is 0.341. The van der Waals surface area contributed by atoms with E-state index < -0.39 is 10.5 Å². The molecule has 0 saturated heterocycles. The van der Waals surface area contributed by atoms with Gasteiger partial charge in [-0.15, -0.1) is 0 Å². The predicted octanol–water partition coefficient (Wildman–Crippen LogP) is 5.20. The summed E-state index contributed by atoms with van der Waals surface area (Å²) in [5, 5.41) is 17.7. The molecule has 1 aromatic heterocycles. The zero-order valence-electron chi connectivity index (χ0n) is 15.6. The first-order chi connectivity index (χ1) is 14.5. The van der Waals surface area contributed by atoms with E-state index in [4.69, 9.17) is 4.42 Å². The molecule has 7 nitrogen and oxygen atoms in total. The number of nitrogens with zero attached hydrogens (tertiary/aromatic N) is 1. The third kappa shape index (κ3) is 4.12. The van der Waals surface area contributed by atoms with Gasteiger partial charge in [0.2, 0.25) is 0 Å². The number of nitrogens with one attached hydrogen (secondary N) is 2. The van der Waals surface area contributed by atoms with Gasteiger partial charge in [-0.1, -0.05) is 18.2 Å². The SMILES string of the molecule is O=c1cc(Nc2ccc(NCc3ccccc3F)cc2)c2cc([N+](=O)[O-])ccc2o1. The molecule has 0 amide bonds. The van der Waals surface area contributed by atoms with Crippen LogP contribution in [-0.2, 0) is 6.54 Å². The summed E-state index contributed by atoms with van der Waals surface area (Å²) in [5.74, 6) is -0.271. The number of rotatable bonds is 6. The molecule has 4 rings (SSSR count). The number of fused-ring (bicyclic) bond motifs is 1. The zero-order valence-corrected chi connectivity index (χ0v) is 15.6. The van der Waals surface area contributed by atoms with Gasteiger partial charge in [0.05, 0.1) is 10.6 Å². The number of hydrogen-bond acceptors (Lipinski definition) is 6. The van der Waals surface area contributed by atoms with E-state index in [9.17, 15) is 19.3 Å². The van der Waals surface area contributed by atoms with Gasteiger partial charge in [0.25, 0.3) is 5.69 Å². The molecule has 150 valence electrons. The number of anilines is 3. The van der Waals surface area contributed by atoms with Crippen LogP contribution in [0, 0.1) is 15.9 Å². The first-order valence-electron chi connectivity index (χ1n) is 9.06. The third-order valence-corrected chi connectivity index (χ3v) is 4.54. The van der Waals surface area contributed by atoms with Crippen LogP contribution in [-0.4, -0.2) is 4.92 Å². The lowest BCUT2D eigenvalue weighted by molar-refractivity contribution is -0.384. The van der Waals surface area contributed by atoms with Crippen molar-refractivity contribution >= 4 is 33.7 Å². The summed E-state index contributed by atoms with van der Waals surface area (Å²) in [4.78, 5) is 22.4. The predicted molar refractivity (Wildman–Crippen MR) is 113 cm³/mol. The number of nitro groups is 1. The molecule has 1 heterocycles. The van der Waals surface area contributed by atoms with E-state index in [1.54, 1.807) is 42.5 Å². The molecule has 0 fully saturated rings. The Bertz CT molecular complexity index is 1290. The van der Waals surface area contributed by atoms with Crippen LogP contribution in [0.15, 0.2) is 82.0 Å². The molecule has 0 spiro atoms. The Hall–Kier alpha value is -4.20. The van der Waals surface area contributed by atoms with Gasteiger partial charge in [-0.25, -0.2) is 9.18 Å². The molecule has 8 heteroatoms. The summed E-state index contributed by atoms with van der Waals surface area (Å²) >= 11 is 0. The molecule has 3 aromatic carbocycles. The minimum absolute atomic E-state index is 0.105. The lowest BCUT2D eigenvalue weighted by Crippen LogP contribution is -2.03. The first kappa shape index (κ1) is 19.1. The number of nitro benzene ring substituents is 1. The van der Waals surface area contributed by atoms with Crippen LogP contribution < -0.4 is 16.3 Å². The summed E-state index contributed by atoms with van der Waals surface area (Å²) in [6, 6.07) is 19.0. The molecule has 0 aliphatic heterocycles. The molecule has 0 atom stereocenters. The van der Waals surface area contributed by atoms with Crippen molar-refractivity contribution < 1.29 is 13.7 Å². The Kier molecular flexibility index (Phi) is 5.13. The Morgan fingerprint density at radius 3 is 2.43 bits per heavy atom. The maximum Gasteiger partial charge on any atom is 0.338 e. The standard InChI is InChI=1S/C22H16FN3O4/c23-19-4-2-1-3-14(19)13-24-15-5-7-16(8-6-15)25-20-12-22(27)30-21-10-9-17(26(28)29)11-18(20)21/h1-12,24-25H,13H2. The van der Waals surface area contributed by atoms with Crippen molar-refractivity contribution in [1.29, 1.82) is 0 Å². The van der Waals surface area contributed by atoms with E-state index in [1.165, 1.54) is 30.3 Å². The van der Waals surface area contributed by atoms with E-state index in [2.05, 4.69) is 10.6 Å². The monoisotopic (exact) mass is 405 g/mol. The highest BCUT2D eigenvalue weighted by atomic mass is 19.1. The van der Waals surface area contributed by atoms with Gasteiger partial charge in [-0.2, -0.15) is 0 Å². The second-order valence-electron chi connectivity index (χ2n) is 6.56. The van der Waals surface area contributed by atoms with Crippen LogP contribution >= 0.6 is 0 Å². The van der Waals surface area contributed by atoms with Crippen molar-refractivity contribution in [3.63, 3.8) is 0 Å². The summed E-state index contributed by atoms with van der Waals surface area (Å²) < 4.78 is 18.8. The molecule has 0 unspecified atom stereocenters. The highest BCUT2D eigenvalue weighted by molar-refractivity contribution is 5.93. The van der Waals surface area contributed by atoms with E-state index in [0.29, 0.717) is 28.9 Å². The van der Waals surface area contributed by atoms with Gasteiger partial charge in [-0.05, 0) is 36.4 Å². The number of non-ortho nitro benzene ring substituents is 1. The van der Waals surface area contributed by atoms with Crippen LogP contribution in [0.1, 0.15) is 5.56 Å². The minimum Gasteiger partial charge on any atom is -0.423 e. The number of hydrogen-bond donors (Lipinski definition) is 2. The van der Waals surface area contributed by atoms with E-state index in [-0.39, 0.29) is 17.1 Å². The summed E-state index contributed by atoms with van der Waals surface area (Å²) in [6.07, 6.45) is 0. The van der Waals surface area contributed by atoms with Gasteiger partial charge in [-0.3, -0.25) is 10.1 Å². The molecule has 0 bridgehead atoms. The molecular formula is C22H16FN3O4. The van der Waals surface area contributed by atoms with E-state index in [0.717, 1.165) is 5.69 Å². The second kappa shape index (κ2) is 8.04. The van der Waals surface area contributed by atoms with Crippen molar-refractivity contribution in [1.82, 2.24) is 0 Å². The van der Waals surface area contributed by atoms with E-state index >= 15 is 0 Å². The first-order valence-corrected chi connectivity index (χ1v) is 9.06. The van der Waals surface area contributed by atoms with Gasteiger partial charge in [0.15, 0.2) is 0 Å². The van der Waals surface area contributed by atoms with Crippen LogP contribution in [0.25, 0.3) is 11.0 Å². The van der Waals surface area contributed by atoms with Crippen molar-refractivity contribution in [2.75, 3.05) is 10.6 Å². The molecule has 0 saturated carbocycles. The fourth-order valence-electron chi connectivity index (χ4n) is 3.03. The smallest absolute Gasteiger partial charge is 0.338 e. The lowest BCUT2D eigenvalue weighted by atomic mass is 10.1. The van der Waals surface area contributed by atoms with Crippen molar-refractivity contribution in [3.05, 3.63) is 105 Å². The van der Waals surface area contributed by atoms with Crippen LogP contribution in [0.5, 0.6) is 0 Å². The van der Waals surface area contributed by atoms with Crippen LogP contribution in [0.3, 0.4) is 0 Å².